The first-order chi connectivity index (χ1) is 9.10. The minimum absolute atomic E-state index is 0.118. The Kier molecular flexibility index (Phi) is 4.00. The van der Waals surface area contributed by atoms with E-state index >= 15 is 0 Å². The smallest absolute Gasteiger partial charge is 0.252 e. The van der Waals surface area contributed by atoms with E-state index in [1.807, 2.05) is 32.0 Å². The Morgan fingerprint density at radius 3 is 2.58 bits per heavy atom. The van der Waals surface area contributed by atoms with Crippen LogP contribution >= 0.6 is 0 Å². The molecule has 100 valence electrons. The van der Waals surface area contributed by atoms with Crippen LogP contribution in [-0.4, -0.2) is 9.97 Å². The van der Waals surface area contributed by atoms with E-state index in [1.165, 1.54) is 0 Å². The second kappa shape index (κ2) is 5.69. The highest BCUT2D eigenvalue weighted by Crippen LogP contribution is 2.22. The fourth-order valence-electron chi connectivity index (χ4n) is 2.08. The Morgan fingerprint density at radius 1 is 1.26 bits per heavy atom. The first-order valence-corrected chi connectivity index (χ1v) is 6.53. The van der Waals surface area contributed by atoms with Crippen LogP contribution in [0.1, 0.15) is 30.2 Å². The summed E-state index contributed by atoms with van der Waals surface area (Å²) in [4.78, 5) is 18.8. The monoisotopic (exact) mass is 257 g/mol. The average Bonchev–Trinajstić information content (AvgIpc) is 2.34. The molecule has 1 aromatic heterocycles. The van der Waals surface area contributed by atoms with E-state index in [0.717, 1.165) is 35.3 Å². The van der Waals surface area contributed by atoms with Gasteiger partial charge in [-0.3, -0.25) is 9.78 Å². The maximum absolute atomic E-state index is 11.6. The third-order valence-electron chi connectivity index (χ3n) is 3.03. The van der Waals surface area contributed by atoms with Crippen LogP contribution < -0.4 is 10.9 Å². The van der Waals surface area contributed by atoms with Crippen molar-refractivity contribution < 1.29 is 0 Å². The summed E-state index contributed by atoms with van der Waals surface area (Å²) in [5.41, 5.74) is 3.96. The number of nitrogens with zero attached hydrogens (tertiary/aromatic N) is 1. The Labute approximate surface area is 112 Å². The zero-order valence-corrected chi connectivity index (χ0v) is 11.6. The predicted molar refractivity (Wildman–Crippen MR) is 78.1 cm³/mol. The molecule has 0 atom stereocenters. The van der Waals surface area contributed by atoms with Crippen LogP contribution in [0.2, 0.25) is 0 Å². The minimum atomic E-state index is -0.118. The van der Waals surface area contributed by atoms with Gasteiger partial charge in [0.15, 0.2) is 0 Å². The van der Waals surface area contributed by atoms with E-state index in [4.69, 9.17) is 0 Å². The number of hydrogen-bond donors (Lipinski definition) is 2. The van der Waals surface area contributed by atoms with E-state index in [-0.39, 0.29) is 5.56 Å². The lowest BCUT2D eigenvalue weighted by Gasteiger charge is -2.12. The highest BCUT2D eigenvalue weighted by atomic mass is 16.1. The van der Waals surface area contributed by atoms with Crippen molar-refractivity contribution in [3.05, 3.63) is 51.4 Å². The number of aromatic amines is 1. The third kappa shape index (κ3) is 3.22. The number of H-pyrrole nitrogens is 1. The molecular weight excluding hydrogens is 238 g/mol. The Balaban J connectivity index is 2.35. The first-order valence-electron chi connectivity index (χ1n) is 6.53. The molecule has 4 heteroatoms. The fraction of sp³-hybridized carbons (Fsp3) is 0.333. The molecular formula is C15H19N3O. The molecule has 0 aliphatic heterocycles. The molecule has 2 rings (SSSR count). The van der Waals surface area contributed by atoms with Crippen molar-refractivity contribution in [3.63, 3.8) is 0 Å². The van der Waals surface area contributed by atoms with Crippen LogP contribution in [-0.2, 0) is 6.42 Å². The van der Waals surface area contributed by atoms with Gasteiger partial charge in [0.2, 0.25) is 5.95 Å². The molecule has 0 saturated carbocycles. The summed E-state index contributed by atoms with van der Waals surface area (Å²) in [5, 5.41) is 3.21. The van der Waals surface area contributed by atoms with Crippen LogP contribution in [0.15, 0.2) is 29.1 Å². The average molecular weight is 257 g/mol. The second-order valence-electron chi connectivity index (χ2n) is 4.73. The van der Waals surface area contributed by atoms with Crippen LogP contribution in [0.4, 0.5) is 11.6 Å². The molecule has 0 amide bonds. The molecule has 0 spiro atoms. The maximum Gasteiger partial charge on any atom is 0.252 e. The van der Waals surface area contributed by atoms with Crippen molar-refractivity contribution in [2.45, 2.75) is 33.6 Å². The van der Waals surface area contributed by atoms with Crippen LogP contribution in [0, 0.1) is 13.8 Å². The fourth-order valence-corrected chi connectivity index (χ4v) is 2.08. The minimum Gasteiger partial charge on any atom is -0.325 e. The van der Waals surface area contributed by atoms with Crippen LogP contribution in [0.5, 0.6) is 0 Å². The largest absolute Gasteiger partial charge is 0.325 e. The summed E-state index contributed by atoms with van der Waals surface area (Å²) in [6.07, 6.45) is 1.78. The maximum atomic E-state index is 11.6. The molecule has 0 radical (unpaired) electrons. The molecule has 19 heavy (non-hydrogen) atoms. The topological polar surface area (TPSA) is 57.8 Å². The van der Waals surface area contributed by atoms with Crippen molar-refractivity contribution in [1.29, 1.82) is 0 Å². The van der Waals surface area contributed by atoms with Gasteiger partial charge in [0.25, 0.3) is 5.56 Å². The normalized spacial score (nSPS) is 10.5. The lowest BCUT2D eigenvalue weighted by Crippen LogP contribution is -2.12. The van der Waals surface area contributed by atoms with Gasteiger partial charge in [-0.05, 0) is 31.4 Å². The molecule has 1 aromatic carbocycles. The molecule has 0 unspecified atom stereocenters. The summed E-state index contributed by atoms with van der Waals surface area (Å²) in [6, 6.07) is 7.63. The zero-order valence-electron chi connectivity index (χ0n) is 11.6. The molecule has 0 aliphatic carbocycles. The van der Waals surface area contributed by atoms with Gasteiger partial charge in [-0.15, -0.1) is 0 Å². The molecule has 2 N–H and O–H groups in total. The molecule has 2 aromatic rings. The van der Waals surface area contributed by atoms with Crippen molar-refractivity contribution in [2.75, 3.05) is 5.32 Å². The SMILES string of the molecule is CCCc1cc(=O)[nH]c(Nc2c(C)cccc2C)n1. The molecule has 4 nitrogen and oxygen atoms in total. The molecule has 0 bridgehead atoms. The Hall–Kier alpha value is -2.10. The van der Waals surface area contributed by atoms with E-state index < -0.39 is 0 Å². The second-order valence-corrected chi connectivity index (χ2v) is 4.73. The standard InChI is InChI=1S/C15H19N3O/c1-4-6-12-9-13(19)17-15(16-12)18-14-10(2)7-5-8-11(14)3/h5,7-9H,4,6H2,1-3H3,(H2,16,17,18,19). The van der Waals surface area contributed by atoms with Crippen molar-refractivity contribution >= 4 is 11.6 Å². The number of benzene rings is 1. The van der Waals surface area contributed by atoms with Gasteiger partial charge in [-0.1, -0.05) is 31.5 Å². The van der Waals surface area contributed by atoms with Gasteiger partial charge in [0.05, 0.1) is 0 Å². The van der Waals surface area contributed by atoms with E-state index in [9.17, 15) is 4.79 Å². The molecule has 0 saturated heterocycles. The van der Waals surface area contributed by atoms with Gasteiger partial charge < -0.3 is 5.32 Å². The van der Waals surface area contributed by atoms with Gasteiger partial charge >= 0.3 is 0 Å². The van der Waals surface area contributed by atoms with E-state index in [0.29, 0.717) is 5.95 Å². The lowest BCUT2D eigenvalue weighted by molar-refractivity contribution is 0.869. The third-order valence-corrected chi connectivity index (χ3v) is 3.03. The van der Waals surface area contributed by atoms with Gasteiger partial charge in [0, 0.05) is 17.4 Å². The number of hydrogen-bond acceptors (Lipinski definition) is 3. The van der Waals surface area contributed by atoms with Crippen molar-refractivity contribution in [2.24, 2.45) is 0 Å². The summed E-state index contributed by atoms with van der Waals surface area (Å²) < 4.78 is 0. The van der Waals surface area contributed by atoms with Crippen LogP contribution in [0.25, 0.3) is 0 Å². The van der Waals surface area contributed by atoms with Crippen LogP contribution in [0.3, 0.4) is 0 Å². The number of rotatable bonds is 4. The summed E-state index contributed by atoms with van der Waals surface area (Å²) >= 11 is 0. The number of nitrogens with one attached hydrogen (secondary N) is 2. The van der Waals surface area contributed by atoms with Gasteiger partial charge in [-0.25, -0.2) is 4.98 Å². The highest BCUT2D eigenvalue weighted by molar-refractivity contribution is 5.62. The molecule has 0 aliphatic rings. The summed E-state index contributed by atoms with van der Waals surface area (Å²) in [6.45, 7) is 6.13. The van der Waals surface area contributed by atoms with E-state index in [2.05, 4.69) is 22.2 Å². The molecule has 0 fully saturated rings. The van der Waals surface area contributed by atoms with Crippen molar-refractivity contribution in [3.8, 4) is 0 Å². The Bertz CT molecular complexity index is 611. The molecule has 1 heterocycles. The van der Waals surface area contributed by atoms with Gasteiger partial charge in [0.1, 0.15) is 0 Å². The highest BCUT2D eigenvalue weighted by Gasteiger charge is 2.05. The van der Waals surface area contributed by atoms with E-state index in [1.54, 1.807) is 6.07 Å². The number of aromatic nitrogens is 2. The first kappa shape index (κ1) is 13.3. The number of aryl methyl sites for hydroxylation is 3. The quantitative estimate of drug-likeness (QED) is 0.885. The Morgan fingerprint density at radius 2 is 1.95 bits per heavy atom. The summed E-state index contributed by atoms with van der Waals surface area (Å²) in [5.74, 6) is 0.508. The van der Waals surface area contributed by atoms with Crippen molar-refractivity contribution in [1.82, 2.24) is 9.97 Å². The lowest BCUT2D eigenvalue weighted by atomic mass is 10.1. The summed E-state index contributed by atoms with van der Waals surface area (Å²) in [7, 11) is 0. The predicted octanol–water partition coefficient (Wildman–Crippen LogP) is 3.08. The zero-order chi connectivity index (χ0) is 13.8. The number of anilines is 2. The number of para-hydroxylation sites is 1. The van der Waals surface area contributed by atoms with Gasteiger partial charge in [-0.2, -0.15) is 0 Å².